The quantitative estimate of drug-likeness (QED) is 0.267. The number of ether oxygens (including phenoxy) is 1. The van der Waals surface area contributed by atoms with Gasteiger partial charge in [-0.25, -0.2) is 4.68 Å². The molecule has 32 heavy (non-hydrogen) atoms. The van der Waals surface area contributed by atoms with E-state index in [1.165, 1.54) is 0 Å². The van der Waals surface area contributed by atoms with E-state index in [-0.39, 0.29) is 30.0 Å². The van der Waals surface area contributed by atoms with Crippen molar-refractivity contribution >= 4 is 47.2 Å². The second-order valence-corrected chi connectivity index (χ2v) is 7.88. The fourth-order valence-electron chi connectivity index (χ4n) is 3.75. The number of hydrogen-bond donors (Lipinski definition) is 2. The normalized spacial score (nSPS) is 15.9. The van der Waals surface area contributed by atoms with E-state index in [4.69, 9.17) is 16.3 Å². The van der Waals surface area contributed by atoms with Crippen molar-refractivity contribution in [2.24, 2.45) is 4.99 Å². The summed E-state index contributed by atoms with van der Waals surface area (Å²) in [5, 5.41) is 12.1. The molecule has 7 nitrogen and oxygen atoms in total. The predicted molar refractivity (Wildman–Crippen MR) is 141 cm³/mol. The Morgan fingerprint density at radius 3 is 2.81 bits per heavy atom. The van der Waals surface area contributed by atoms with Gasteiger partial charge in [-0.2, -0.15) is 5.10 Å². The number of rotatable bonds is 6. The highest BCUT2D eigenvalue weighted by Gasteiger charge is 2.25. The fourth-order valence-corrected chi connectivity index (χ4v) is 3.92. The summed E-state index contributed by atoms with van der Waals surface area (Å²) in [6.07, 6.45) is 4.90. The molecule has 1 unspecified atom stereocenters. The highest BCUT2D eigenvalue weighted by Crippen LogP contribution is 2.33. The SMILES string of the molecule is CN=C(NCc1cnn(-c2ccccc2)c1)NC1CCN(c2cc(Cl)ccc2OC)C1.I. The van der Waals surface area contributed by atoms with Crippen LogP contribution in [0.1, 0.15) is 12.0 Å². The molecule has 3 aromatic rings. The third-order valence-electron chi connectivity index (χ3n) is 5.35. The number of guanidine groups is 1. The molecule has 2 heterocycles. The van der Waals surface area contributed by atoms with Gasteiger partial charge in [-0.3, -0.25) is 4.99 Å². The lowest BCUT2D eigenvalue weighted by molar-refractivity contribution is 0.415. The molecule has 0 amide bonds. The maximum Gasteiger partial charge on any atom is 0.191 e. The fraction of sp³-hybridized carbons (Fsp3) is 0.304. The van der Waals surface area contributed by atoms with Crippen LogP contribution in [0.15, 0.2) is 65.9 Å². The number of halogens is 2. The average molecular weight is 567 g/mol. The van der Waals surface area contributed by atoms with E-state index in [1.807, 2.05) is 65.6 Å². The Bertz CT molecular complexity index is 1040. The van der Waals surface area contributed by atoms with Gasteiger partial charge < -0.3 is 20.3 Å². The molecule has 4 rings (SSSR count). The van der Waals surface area contributed by atoms with Gasteiger partial charge in [0, 0.05) is 49.5 Å². The summed E-state index contributed by atoms with van der Waals surface area (Å²) in [5.74, 6) is 1.61. The second-order valence-electron chi connectivity index (χ2n) is 7.45. The summed E-state index contributed by atoms with van der Waals surface area (Å²) in [6.45, 7) is 2.42. The Kier molecular flexibility index (Phi) is 8.63. The van der Waals surface area contributed by atoms with Gasteiger partial charge in [-0.15, -0.1) is 24.0 Å². The molecule has 1 saturated heterocycles. The van der Waals surface area contributed by atoms with Crippen molar-refractivity contribution < 1.29 is 4.74 Å². The van der Waals surface area contributed by atoms with E-state index in [0.717, 1.165) is 48.2 Å². The van der Waals surface area contributed by atoms with Crippen molar-refractivity contribution in [1.82, 2.24) is 20.4 Å². The van der Waals surface area contributed by atoms with Crippen LogP contribution in [-0.2, 0) is 6.54 Å². The summed E-state index contributed by atoms with van der Waals surface area (Å²) in [6, 6.07) is 16.1. The highest BCUT2D eigenvalue weighted by atomic mass is 127. The topological polar surface area (TPSA) is 66.7 Å². The average Bonchev–Trinajstić information content (AvgIpc) is 3.47. The Balaban J connectivity index is 0.00000289. The van der Waals surface area contributed by atoms with Gasteiger partial charge in [-0.05, 0) is 36.8 Å². The van der Waals surface area contributed by atoms with Crippen LogP contribution in [0.3, 0.4) is 0 Å². The molecule has 2 aromatic carbocycles. The van der Waals surface area contributed by atoms with Crippen LogP contribution in [0, 0.1) is 0 Å². The first-order valence-electron chi connectivity index (χ1n) is 10.3. The molecule has 170 valence electrons. The number of nitrogens with zero attached hydrogens (tertiary/aromatic N) is 4. The van der Waals surface area contributed by atoms with Crippen LogP contribution in [0.5, 0.6) is 5.75 Å². The first kappa shape index (κ1) is 24.2. The zero-order valence-electron chi connectivity index (χ0n) is 18.2. The van der Waals surface area contributed by atoms with E-state index in [2.05, 4.69) is 25.6 Å². The molecule has 1 fully saturated rings. The summed E-state index contributed by atoms with van der Waals surface area (Å²) in [7, 11) is 3.47. The van der Waals surface area contributed by atoms with E-state index >= 15 is 0 Å². The maximum atomic E-state index is 6.20. The van der Waals surface area contributed by atoms with Gasteiger partial charge in [0.15, 0.2) is 5.96 Å². The first-order chi connectivity index (χ1) is 15.2. The maximum absolute atomic E-state index is 6.20. The lowest BCUT2D eigenvalue weighted by Crippen LogP contribution is -2.44. The number of aromatic nitrogens is 2. The van der Waals surface area contributed by atoms with E-state index in [1.54, 1.807) is 14.2 Å². The van der Waals surface area contributed by atoms with Crippen molar-refractivity contribution in [2.45, 2.75) is 19.0 Å². The Labute approximate surface area is 210 Å². The lowest BCUT2D eigenvalue weighted by Gasteiger charge is -2.22. The molecule has 1 aliphatic heterocycles. The number of hydrogen-bond acceptors (Lipinski definition) is 4. The zero-order chi connectivity index (χ0) is 21.6. The van der Waals surface area contributed by atoms with Crippen molar-refractivity contribution in [1.29, 1.82) is 0 Å². The standard InChI is InChI=1S/C23H27ClN6O.HI/c1-25-23(26-13-17-14-27-30(15-17)20-6-4-3-5-7-20)28-19-10-11-29(16-19)21-12-18(24)8-9-22(21)31-2;/h3-9,12,14-15,19H,10-11,13,16H2,1-2H3,(H2,25,26,28);1H. The molecule has 0 radical (unpaired) electrons. The smallest absolute Gasteiger partial charge is 0.191 e. The number of aliphatic imine (C=N–C) groups is 1. The first-order valence-corrected chi connectivity index (χ1v) is 10.7. The predicted octanol–water partition coefficient (Wildman–Crippen LogP) is 4.10. The number of para-hydroxylation sites is 1. The van der Waals surface area contributed by atoms with Gasteiger partial charge in [0.05, 0.1) is 24.7 Å². The van der Waals surface area contributed by atoms with Crippen LogP contribution in [0.2, 0.25) is 5.02 Å². The number of anilines is 1. The molecule has 9 heteroatoms. The second kappa shape index (κ2) is 11.4. The molecule has 2 N–H and O–H groups in total. The minimum absolute atomic E-state index is 0. The minimum atomic E-state index is 0. The molecule has 1 atom stereocenters. The molecule has 1 aromatic heterocycles. The summed E-state index contributed by atoms with van der Waals surface area (Å²) in [4.78, 5) is 6.67. The molecule has 0 aliphatic carbocycles. The van der Waals surface area contributed by atoms with Crippen LogP contribution < -0.4 is 20.3 Å². The van der Waals surface area contributed by atoms with Gasteiger partial charge in [-0.1, -0.05) is 29.8 Å². The van der Waals surface area contributed by atoms with Crippen LogP contribution in [0.25, 0.3) is 5.69 Å². The minimum Gasteiger partial charge on any atom is -0.495 e. The van der Waals surface area contributed by atoms with Gasteiger partial charge >= 0.3 is 0 Å². The Morgan fingerprint density at radius 2 is 2.06 bits per heavy atom. The van der Waals surface area contributed by atoms with Crippen LogP contribution >= 0.6 is 35.6 Å². The van der Waals surface area contributed by atoms with E-state index in [9.17, 15) is 0 Å². The lowest BCUT2D eigenvalue weighted by atomic mass is 10.2. The molecule has 0 bridgehead atoms. The summed E-state index contributed by atoms with van der Waals surface area (Å²) in [5.41, 5.74) is 3.15. The highest BCUT2D eigenvalue weighted by molar-refractivity contribution is 14.0. The van der Waals surface area contributed by atoms with Crippen LogP contribution in [-0.4, -0.2) is 49.0 Å². The molecule has 1 aliphatic rings. The van der Waals surface area contributed by atoms with Gasteiger partial charge in [0.1, 0.15) is 5.75 Å². The van der Waals surface area contributed by atoms with Crippen molar-refractivity contribution in [3.63, 3.8) is 0 Å². The van der Waals surface area contributed by atoms with Gasteiger partial charge in [0.25, 0.3) is 0 Å². The third-order valence-corrected chi connectivity index (χ3v) is 5.59. The van der Waals surface area contributed by atoms with E-state index in [0.29, 0.717) is 11.6 Å². The van der Waals surface area contributed by atoms with Gasteiger partial charge in [0.2, 0.25) is 0 Å². The zero-order valence-corrected chi connectivity index (χ0v) is 21.2. The summed E-state index contributed by atoms with van der Waals surface area (Å²) >= 11 is 6.20. The largest absolute Gasteiger partial charge is 0.495 e. The Hall–Kier alpha value is -2.46. The number of benzene rings is 2. The molecular weight excluding hydrogens is 539 g/mol. The summed E-state index contributed by atoms with van der Waals surface area (Å²) < 4.78 is 7.38. The number of methoxy groups -OCH3 is 1. The molecular formula is C23H28ClIN6O. The Morgan fingerprint density at radius 1 is 1.25 bits per heavy atom. The molecule has 0 spiro atoms. The van der Waals surface area contributed by atoms with E-state index < -0.39 is 0 Å². The monoisotopic (exact) mass is 566 g/mol. The van der Waals surface area contributed by atoms with Crippen molar-refractivity contribution in [3.05, 3.63) is 71.5 Å². The number of nitrogens with one attached hydrogen (secondary N) is 2. The van der Waals surface area contributed by atoms with Crippen molar-refractivity contribution in [3.8, 4) is 11.4 Å². The molecule has 0 saturated carbocycles. The third kappa shape index (κ3) is 5.86. The van der Waals surface area contributed by atoms with Crippen LogP contribution in [0.4, 0.5) is 5.69 Å². The van der Waals surface area contributed by atoms with Crippen molar-refractivity contribution in [2.75, 3.05) is 32.1 Å².